The number of ether oxygens (including phenoxy) is 3. The van der Waals surface area contributed by atoms with E-state index in [9.17, 15) is 4.79 Å². The summed E-state index contributed by atoms with van der Waals surface area (Å²) in [6.45, 7) is 0.559. The largest absolute Gasteiger partial charge is 0.493 e. The van der Waals surface area contributed by atoms with Gasteiger partial charge in [-0.25, -0.2) is 0 Å². The first-order valence-corrected chi connectivity index (χ1v) is 6.07. The molecule has 0 bridgehead atoms. The molecule has 0 saturated carbocycles. The van der Waals surface area contributed by atoms with Gasteiger partial charge in [0.1, 0.15) is 0 Å². The summed E-state index contributed by atoms with van der Waals surface area (Å²) in [6, 6.07) is 3.53. The van der Waals surface area contributed by atoms with Gasteiger partial charge in [-0.05, 0) is 6.07 Å². The summed E-state index contributed by atoms with van der Waals surface area (Å²) in [5.74, 6) is 1.82. The van der Waals surface area contributed by atoms with E-state index in [2.05, 4.69) is 0 Å². The number of aryl methyl sites for hydroxylation is 1. The lowest BCUT2D eigenvalue weighted by Crippen LogP contribution is -2.12. The van der Waals surface area contributed by atoms with Gasteiger partial charge in [-0.2, -0.15) is 0 Å². The lowest BCUT2D eigenvalue weighted by atomic mass is 10.1. The molecular formula is C14H15NO4. The molecule has 1 aliphatic rings. The predicted octanol–water partition coefficient (Wildman–Crippen LogP) is 1.49. The van der Waals surface area contributed by atoms with Gasteiger partial charge < -0.3 is 18.8 Å². The molecule has 5 heteroatoms. The van der Waals surface area contributed by atoms with Gasteiger partial charge >= 0.3 is 0 Å². The Morgan fingerprint density at radius 2 is 1.89 bits per heavy atom. The van der Waals surface area contributed by atoms with Gasteiger partial charge in [0.2, 0.25) is 5.88 Å². The maximum Gasteiger partial charge on any atom is 0.201 e. The fraction of sp³-hybridized carbons (Fsp3) is 0.357. The highest BCUT2D eigenvalue weighted by molar-refractivity contribution is 5.84. The minimum Gasteiger partial charge on any atom is -0.493 e. The monoisotopic (exact) mass is 261 g/mol. The molecule has 0 aliphatic carbocycles. The molecule has 0 amide bonds. The maximum atomic E-state index is 12.5. The van der Waals surface area contributed by atoms with E-state index >= 15 is 0 Å². The van der Waals surface area contributed by atoms with Crippen LogP contribution in [0.5, 0.6) is 17.4 Å². The molecule has 0 spiro atoms. The highest BCUT2D eigenvalue weighted by atomic mass is 16.5. The number of hydrogen-bond donors (Lipinski definition) is 0. The first kappa shape index (κ1) is 11.9. The normalized spacial score (nSPS) is 13.2. The van der Waals surface area contributed by atoms with Gasteiger partial charge in [0.15, 0.2) is 16.9 Å². The Balaban J connectivity index is 2.44. The minimum absolute atomic E-state index is 0.0153. The zero-order valence-electron chi connectivity index (χ0n) is 11.1. The van der Waals surface area contributed by atoms with Crippen LogP contribution in [-0.4, -0.2) is 25.4 Å². The van der Waals surface area contributed by atoms with Crippen molar-refractivity contribution in [2.75, 3.05) is 20.8 Å². The lowest BCUT2D eigenvalue weighted by Gasteiger charge is -2.14. The summed E-state index contributed by atoms with van der Waals surface area (Å²) in [4.78, 5) is 12.5. The second kappa shape index (κ2) is 4.19. The average molecular weight is 261 g/mol. The third-order valence-corrected chi connectivity index (χ3v) is 3.54. The van der Waals surface area contributed by atoms with Crippen LogP contribution in [0.4, 0.5) is 0 Å². The minimum atomic E-state index is 0.0153. The van der Waals surface area contributed by atoms with E-state index in [0.717, 1.165) is 11.1 Å². The fourth-order valence-corrected chi connectivity index (χ4v) is 2.55. The zero-order chi connectivity index (χ0) is 13.6. The second-order valence-corrected chi connectivity index (χ2v) is 4.49. The quantitative estimate of drug-likeness (QED) is 0.822. The van der Waals surface area contributed by atoms with Crippen molar-refractivity contribution in [3.63, 3.8) is 0 Å². The van der Waals surface area contributed by atoms with Gasteiger partial charge in [-0.1, -0.05) is 0 Å². The number of fused-ring (bicyclic) bond motifs is 2. The zero-order valence-corrected chi connectivity index (χ0v) is 11.1. The fourth-order valence-electron chi connectivity index (χ4n) is 2.55. The molecule has 1 aromatic carbocycles. The number of hydrogen-bond acceptors (Lipinski definition) is 4. The van der Waals surface area contributed by atoms with E-state index in [1.807, 2.05) is 11.6 Å². The summed E-state index contributed by atoms with van der Waals surface area (Å²) >= 11 is 0. The molecular weight excluding hydrogens is 246 g/mol. The molecule has 1 aliphatic heterocycles. The van der Waals surface area contributed by atoms with Crippen molar-refractivity contribution < 1.29 is 14.2 Å². The van der Waals surface area contributed by atoms with E-state index in [4.69, 9.17) is 14.2 Å². The molecule has 0 unspecified atom stereocenters. The van der Waals surface area contributed by atoms with E-state index in [1.165, 1.54) is 0 Å². The standard InChI is InChI=1S/C14H15NO4/c1-15-10-7-12(18-3)11(17-2)6-9(10)13(16)8-4-5-19-14(8)15/h6-7H,4-5H2,1-3H3. The van der Waals surface area contributed by atoms with Crippen LogP contribution in [0.25, 0.3) is 10.9 Å². The molecule has 2 aromatic rings. The Morgan fingerprint density at radius 1 is 1.21 bits per heavy atom. The van der Waals surface area contributed by atoms with Gasteiger partial charge in [-0.3, -0.25) is 4.79 Å². The lowest BCUT2D eigenvalue weighted by molar-refractivity contribution is 0.333. The number of rotatable bonds is 2. The first-order chi connectivity index (χ1) is 9.17. The molecule has 3 rings (SSSR count). The van der Waals surface area contributed by atoms with Crippen molar-refractivity contribution >= 4 is 10.9 Å². The number of aromatic nitrogens is 1. The summed E-state index contributed by atoms with van der Waals surface area (Å²) in [5.41, 5.74) is 1.53. The summed E-state index contributed by atoms with van der Waals surface area (Å²) in [6.07, 6.45) is 0.659. The Labute approximate surface area is 110 Å². The number of methoxy groups -OCH3 is 2. The van der Waals surface area contributed by atoms with Crippen molar-refractivity contribution in [2.45, 2.75) is 6.42 Å². The third kappa shape index (κ3) is 1.58. The van der Waals surface area contributed by atoms with E-state index in [1.54, 1.807) is 26.4 Å². The van der Waals surface area contributed by atoms with Gasteiger partial charge in [-0.15, -0.1) is 0 Å². The number of nitrogens with zero attached hydrogens (tertiary/aromatic N) is 1. The number of benzene rings is 1. The predicted molar refractivity (Wildman–Crippen MR) is 71.5 cm³/mol. The van der Waals surface area contributed by atoms with Crippen molar-refractivity contribution in [3.8, 4) is 17.4 Å². The molecule has 0 radical (unpaired) electrons. The highest BCUT2D eigenvalue weighted by Gasteiger charge is 2.22. The van der Waals surface area contributed by atoms with Crippen molar-refractivity contribution in [1.29, 1.82) is 0 Å². The maximum absolute atomic E-state index is 12.5. The number of pyridine rings is 1. The smallest absolute Gasteiger partial charge is 0.201 e. The van der Waals surface area contributed by atoms with Crippen LogP contribution in [0.2, 0.25) is 0 Å². The summed E-state index contributed by atoms with van der Waals surface area (Å²) in [7, 11) is 5.02. The molecule has 0 fully saturated rings. The molecule has 100 valence electrons. The molecule has 5 nitrogen and oxygen atoms in total. The first-order valence-electron chi connectivity index (χ1n) is 6.07. The Hall–Kier alpha value is -2.17. The van der Waals surface area contributed by atoms with Crippen LogP contribution in [0.1, 0.15) is 5.56 Å². The molecule has 1 aromatic heterocycles. The Bertz CT molecular complexity index is 718. The van der Waals surface area contributed by atoms with Gasteiger partial charge in [0, 0.05) is 19.5 Å². The Morgan fingerprint density at radius 3 is 2.58 bits per heavy atom. The SMILES string of the molecule is COc1cc2c(=O)c3c(n(C)c2cc1OC)OCC3. The van der Waals surface area contributed by atoms with E-state index in [-0.39, 0.29) is 5.43 Å². The summed E-state index contributed by atoms with van der Waals surface area (Å²) < 4.78 is 18.0. The van der Waals surface area contributed by atoms with Crippen LogP contribution in [0.3, 0.4) is 0 Å². The second-order valence-electron chi connectivity index (χ2n) is 4.49. The van der Waals surface area contributed by atoms with Crippen LogP contribution >= 0.6 is 0 Å². The van der Waals surface area contributed by atoms with E-state index < -0.39 is 0 Å². The molecule has 19 heavy (non-hydrogen) atoms. The highest BCUT2D eigenvalue weighted by Crippen LogP contribution is 2.34. The van der Waals surface area contributed by atoms with Crippen LogP contribution < -0.4 is 19.6 Å². The molecule has 2 heterocycles. The van der Waals surface area contributed by atoms with Crippen molar-refractivity contribution in [3.05, 3.63) is 27.9 Å². The molecule has 0 saturated heterocycles. The molecule has 0 N–H and O–H groups in total. The van der Waals surface area contributed by atoms with Crippen molar-refractivity contribution in [2.24, 2.45) is 7.05 Å². The molecule has 0 atom stereocenters. The van der Waals surface area contributed by atoms with Crippen LogP contribution in [0, 0.1) is 0 Å². The Kier molecular flexibility index (Phi) is 2.62. The van der Waals surface area contributed by atoms with Gasteiger partial charge in [0.05, 0.1) is 37.3 Å². The van der Waals surface area contributed by atoms with E-state index in [0.29, 0.717) is 35.8 Å². The summed E-state index contributed by atoms with van der Waals surface area (Å²) in [5, 5.41) is 0.629. The topological polar surface area (TPSA) is 49.7 Å². The van der Waals surface area contributed by atoms with Gasteiger partial charge in [0.25, 0.3) is 0 Å². The van der Waals surface area contributed by atoms with Crippen molar-refractivity contribution in [1.82, 2.24) is 4.57 Å². The average Bonchev–Trinajstić information content (AvgIpc) is 2.93. The third-order valence-electron chi connectivity index (χ3n) is 3.54. The van der Waals surface area contributed by atoms with Crippen LogP contribution in [-0.2, 0) is 13.5 Å². The van der Waals surface area contributed by atoms with Crippen LogP contribution in [0.15, 0.2) is 16.9 Å².